The molecule has 1 aromatic rings. The van der Waals surface area contributed by atoms with Crippen LogP contribution in [0.1, 0.15) is 29.9 Å². The third-order valence-corrected chi connectivity index (χ3v) is 2.97. The molecule has 0 amide bonds. The lowest BCUT2D eigenvalue weighted by Gasteiger charge is -2.14. The number of methoxy groups -OCH3 is 1. The van der Waals surface area contributed by atoms with Gasteiger partial charge in [-0.2, -0.15) is 0 Å². The molecule has 15 heavy (non-hydrogen) atoms. The van der Waals surface area contributed by atoms with Crippen molar-refractivity contribution in [2.24, 2.45) is 0 Å². The molecule has 84 valence electrons. The summed E-state index contributed by atoms with van der Waals surface area (Å²) in [5.41, 5.74) is 2.65. The molecular formula is C13H19ClO. The van der Waals surface area contributed by atoms with Crippen LogP contribution in [-0.4, -0.2) is 19.6 Å². The van der Waals surface area contributed by atoms with Crippen molar-refractivity contribution in [3.63, 3.8) is 0 Å². The summed E-state index contributed by atoms with van der Waals surface area (Å²) in [6, 6.07) is 8.59. The highest BCUT2D eigenvalue weighted by atomic mass is 35.5. The summed E-state index contributed by atoms with van der Waals surface area (Å²) >= 11 is 5.99. The Hall–Kier alpha value is -0.530. The van der Waals surface area contributed by atoms with Crippen molar-refractivity contribution in [3.8, 4) is 0 Å². The monoisotopic (exact) mass is 226 g/mol. The van der Waals surface area contributed by atoms with Gasteiger partial charge in [0.2, 0.25) is 0 Å². The molecule has 0 N–H and O–H groups in total. The van der Waals surface area contributed by atoms with E-state index in [0.29, 0.717) is 11.8 Å². The third kappa shape index (κ3) is 4.23. The highest BCUT2D eigenvalue weighted by Crippen LogP contribution is 2.23. The van der Waals surface area contributed by atoms with E-state index in [4.69, 9.17) is 16.3 Å². The van der Waals surface area contributed by atoms with Crippen LogP contribution in [-0.2, 0) is 4.74 Å². The Morgan fingerprint density at radius 1 is 1.40 bits per heavy atom. The third-order valence-electron chi connectivity index (χ3n) is 2.60. The van der Waals surface area contributed by atoms with Crippen molar-refractivity contribution in [3.05, 3.63) is 35.4 Å². The van der Waals surface area contributed by atoms with E-state index in [1.54, 1.807) is 7.11 Å². The molecule has 0 aliphatic rings. The molecule has 0 spiro atoms. The quantitative estimate of drug-likeness (QED) is 0.530. The molecule has 1 atom stereocenters. The molecule has 0 heterocycles. The second-order valence-corrected chi connectivity index (χ2v) is 4.21. The summed E-state index contributed by atoms with van der Waals surface area (Å²) in [6.07, 6.45) is 2.17. The van der Waals surface area contributed by atoms with Gasteiger partial charge in [-0.1, -0.05) is 29.8 Å². The SMILES string of the molecule is COCCCC(CCl)c1cccc(C)c1. The Labute approximate surface area is 97.4 Å². The van der Waals surface area contributed by atoms with Gasteiger partial charge in [0.1, 0.15) is 0 Å². The lowest BCUT2D eigenvalue weighted by molar-refractivity contribution is 0.191. The van der Waals surface area contributed by atoms with Crippen molar-refractivity contribution < 1.29 is 4.74 Å². The molecule has 1 unspecified atom stereocenters. The van der Waals surface area contributed by atoms with Crippen LogP contribution in [0, 0.1) is 6.92 Å². The fraction of sp³-hybridized carbons (Fsp3) is 0.538. The minimum atomic E-state index is 0.460. The van der Waals surface area contributed by atoms with Crippen LogP contribution in [0.3, 0.4) is 0 Å². The first-order valence-corrected chi connectivity index (χ1v) is 5.93. The van der Waals surface area contributed by atoms with Gasteiger partial charge in [0, 0.05) is 19.6 Å². The van der Waals surface area contributed by atoms with Gasteiger partial charge in [-0.05, 0) is 31.2 Å². The van der Waals surface area contributed by atoms with E-state index in [-0.39, 0.29) is 0 Å². The predicted octanol–water partition coefficient (Wildman–Crippen LogP) is 3.74. The van der Waals surface area contributed by atoms with E-state index in [9.17, 15) is 0 Å². The fourth-order valence-corrected chi connectivity index (χ4v) is 2.06. The molecule has 0 fully saturated rings. The van der Waals surface area contributed by atoms with E-state index < -0.39 is 0 Å². The molecule has 0 aliphatic carbocycles. The molecule has 0 saturated carbocycles. The number of hydrogen-bond donors (Lipinski definition) is 0. The van der Waals surface area contributed by atoms with Crippen LogP contribution in [0.2, 0.25) is 0 Å². The van der Waals surface area contributed by atoms with Crippen LogP contribution in [0.15, 0.2) is 24.3 Å². The highest BCUT2D eigenvalue weighted by Gasteiger charge is 2.09. The van der Waals surface area contributed by atoms with Gasteiger partial charge >= 0.3 is 0 Å². The van der Waals surface area contributed by atoms with Gasteiger partial charge in [0.15, 0.2) is 0 Å². The number of benzene rings is 1. The first-order valence-electron chi connectivity index (χ1n) is 5.39. The number of halogens is 1. The van der Waals surface area contributed by atoms with E-state index in [1.165, 1.54) is 11.1 Å². The highest BCUT2D eigenvalue weighted by molar-refractivity contribution is 6.18. The van der Waals surface area contributed by atoms with Crippen LogP contribution >= 0.6 is 11.6 Å². The first kappa shape index (κ1) is 12.5. The molecular weight excluding hydrogens is 208 g/mol. The summed E-state index contributed by atoms with van der Waals surface area (Å²) in [4.78, 5) is 0. The van der Waals surface area contributed by atoms with E-state index in [0.717, 1.165) is 19.4 Å². The molecule has 0 radical (unpaired) electrons. The minimum absolute atomic E-state index is 0.460. The molecule has 0 saturated heterocycles. The molecule has 1 rings (SSSR count). The fourth-order valence-electron chi connectivity index (χ4n) is 1.73. The topological polar surface area (TPSA) is 9.23 Å². The summed E-state index contributed by atoms with van der Waals surface area (Å²) in [5.74, 6) is 1.15. The van der Waals surface area contributed by atoms with E-state index in [1.807, 2.05) is 0 Å². The predicted molar refractivity (Wildman–Crippen MR) is 65.8 cm³/mol. The van der Waals surface area contributed by atoms with Crippen molar-refractivity contribution in [2.45, 2.75) is 25.7 Å². The first-order chi connectivity index (χ1) is 7.27. The maximum Gasteiger partial charge on any atom is 0.0462 e. The van der Waals surface area contributed by atoms with Crippen LogP contribution in [0.25, 0.3) is 0 Å². The number of aryl methyl sites for hydroxylation is 1. The van der Waals surface area contributed by atoms with Gasteiger partial charge < -0.3 is 4.74 Å². The van der Waals surface area contributed by atoms with E-state index in [2.05, 4.69) is 31.2 Å². The standard InChI is InChI=1S/C13H19ClO/c1-11-5-3-6-12(9-11)13(10-14)7-4-8-15-2/h3,5-6,9,13H,4,7-8,10H2,1-2H3. The van der Waals surface area contributed by atoms with Gasteiger partial charge in [0.05, 0.1) is 0 Å². The van der Waals surface area contributed by atoms with Crippen molar-refractivity contribution >= 4 is 11.6 Å². The Kier molecular flexibility index (Phi) is 5.74. The summed E-state index contributed by atoms with van der Waals surface area (Å²) < 4.78 is 5.05. The number of hydrogen-bond acceptors (Lipinski definition) is 1. The number of rotatable bonds is 6. The molecule has 1 nitrogen and oxygen atoms in total. The van der Waals surface area contributed by atoms with Crippen LogP contribution < -0.4 is 0 Å². The summed E-state index contributed by atoms with van der Waals surface area (Å²) in [7, 11) is 1.74. The lowest BCUT2D eigenvalue weighted by atomic mass is 9.95. The Bertz CT molecular complexity index is 286. The minimum Gasteiger partial charge on any atom is -0.385 e. The molecule has 1 aromatic carbocycles. The van der Waals surface area contributed by atoms with E-state index >= 15 is 0 Å². The number of alkyl halides is 1. The zero-order valence-corrected chi connectivity index (χ0v) is 10.3. The molecule has 0 bridgehead atoms. The molecule has 0 aromatic heterocycles. The lowest BCUT2D eigenvalue weighted by Crippen LogP contribution is -2.02. The zero-order valence-electron chi connectivity index (χ0n) is 9.50. The Morgan fingerprint density at radius 2 is 2.20 bits per heavy atom. The Morgan fingerprint density at radius 3 is 2.80 bits per heavy atom. The summed E-state index contributed by atoms with van der Waals surface area (Å²) in [5, 5.41) is 0. The van der Waals surface area contributed by atoms with Gasteiger partial charge in [-0.3, -0.25) is 0 Å². The molecule has 2 heteroatoms. The van der Waals surface area contributed by atoms with Gasteiger partial charge in [0.25, 0.3) is 0 Å². The average molecular weight is 227 g/mol. The normalized spacial score (nSPS) is 12.7. The van der Waals surface area contributed by atoms with Gasteiger partial charge in [-0.15, -0.1) is 11.6 Å². The van der Waals surface area contributed by atoms with Gasteiger partial charge in [-0.25, -0.2) is 0 Å². The number of ether oxygens (including phenoxy) is 1. The smallest absolute Gasteiger partial charge is 0.0462 e. The van der Waals surface area contributed by atoms with Crippen LogP contribution in [0.5, 0.6) is 0 Å². The largest absolute Gasteiger partial charge is 0.385 e. The Balaban J connectivity index is 2.57. The second-order valence-electron chi connectivity index (χ2n) is 3.90. The molecule has 0 aliphatic heterocycles. The second kappa shape index (κ2) is 6.86. The van der Waals surface area contributed by atoms with Crippen molar-refractivity contribution in [1.82, 2.24) is 0 Å². The van der Waals surface area contributed by atoms with Crippen molar-refractivity contribution in [2.75, 3.05) is 19.6 Å². The average Bonchev–Trinajstić information content (AvgIpc) is 2.24. The maximum absolute atomic E-state index is 5.99. The summed E-state index contributed by atoms with van der Waals surface area (Å²) in [6.45, 7) is 2.93. The maximum atomic E-state index is 5.99. The van der Waals surface area contributed by atoms with Crippen molar-refractivity contribution in [1.29, 1.82) is 0 Å². The zero-order chi connectivity index (χ0) is 11.1. The van der Waals surface area contributed by atoms with Crippen LogP contribution in [0.4, 0.5) is 0 Å².